The van der Waals surface area contributed by atoms with E-state index in [1.54, 1.807) is 18.3 Å². The maximum Gasteiger partial charge on any atom is 0.254 e. The number of amides is 1. The van der Waals surface area contributed by atoms with Gasteiger partial charge in [0.1, 0.15) is 4.60 Å². The number of pyridine rings is 1. The zero-order valence-electron chi connectivity index (χ0n) is 10.9. The van der Waals surface area contributed by atoms with Gasteiger partial charge in [-0.05, 0) is 47.5 Å². The number of aromatic nitrogens is 1. The highest BCUT2D eigenvalue weighted by molar-refractivity contribution is 9.10. The average molecular weight is 319 g/mol. The Labute approximate surface area is 121 Å². The molecule has 2 rings (SSSR count). The van der Waals surface area contributed by atoms with Crippen molar-refractivity contribution < 1.29 is 4.79 Å². The highest BCUT2D eigenvalue weighted by Gasteiger charge is 2.14. The van der Waals surface area contributed by atoms with E-state index in [2.05, 4.69) is 26.2 Å². The molecular formula is C15H15BrN2O. The predicted molar refractivity (Wildman–Crippen MR) is 79.0 cm³/mol. The lowest BCUT2D eigenvalue weighted by atomic mass is 10.1. The van der Waals surface area contributed by atoms with Gasteiger partial charge in [0.05, 0.1) is 11.6 Å². The van der Waals surface area contributed by atoms with Crippen LogP contribution in [0.1, 0.15) is 34.5 Å². The van der Waals surface area contributed by atoms with E-state index in [0.29, 0.717) is 10.2 Å². The molecule has 1 amide bonds. The Kier molecular flexibility index (Phi) is 4.32. The summed E-state index contributed by atoms with van der Waals surface area (Å²) in [7, 11) is 0. The fourth-order valence-corrected chi connectivity index (χ4v) is 2.20. The van der Waals surface area contributed by atoms with E-state index in [-0.39, 0.29) is 11.9 Å². The summed E-state index contributed by atoms with van der Waals surface area (Å²) in [5, 5.41) is 2.96. The number of hydrogen-bond acceptors (Lipinski definition) is 2. The molecule has 98 valence electrons. The molecule has 0 radical (unpaired) electrons. The molecule has 0 bridgehead atoms. The van der Waals surface area contributed by atoms with Crippen LogP contribution >= 0.6 is 15.9 Å². The average Bonchev–Trinajstić information content (AvgIpc) is 2.39. The number of benzene rings is 1. The van der Waals surface area contributed by atoms with Crippen molar-refractivity contribution in [1.29, 1.82) is 0 Å². The van der Waals surface area contributed by atoms with Crippen LogP contribution in [0, 0.1) is 6.92 Å². The van der Waals surface area contributed by atoms with Crippen LogP contribution in [0.3, 0.4) is 0 Å². The summed E-state index contributed by atoms with van der Waals surface area (Å²) < 4.78 is 0.559. The maximum absolute atomic E-state index is 12.1. The predicted octanol–water partition coefficient (Wildman–Crippen LogP) is 3.64. The minimum absolute atomic E-state index is 0.0415. The first-order valence-corrected chi connectivity index (χ1v) is 6.85. The summed E-state index contributed by atoms with van der Waals surface area (Å²) in [6.45, 7) is 4.01. The Balaban J connectivity index is 2.11. The molecule has 0 fully saturated rings. The quantitative estimate of drug-likeness (QED) is 0.878. The van der Waals surface area contributed by atoms with Crippen LogP contribution in [-0.2, 0) is 0 Å². The first-order valence-electron chi connectivity index (χ1n) is 6.06. The number of nitrogens with zero attached hydrogens (tertiary/aromatic N) is 1. The van der Waals surface area contributed by atoms with Gasteiger partial charge in [0, 0.05) is 6.20 Å². The molecule has 0 spiro atoms. The third-order valence-corrected chi connectivity index (χ3v) is 3.56. The smallest absolute Gasteiger partial charge is 0.254 e. The molecule has 0 aliphatic carbocycles. The van der Waals surface area contributed by atoms with Crippen LogP contribution in [0.25, 0.3) is 0 Å². The normalized spacial score (nSPS) is 11.9. The van der Waals surface area contributed by atoms with E-state index in [0.717, 1.165) is 5.56 Å². The molecule has 1 aromatic heterocycles. The number of hydrogen-bond donors (Lipinski definition) is 1. The van der Waals surface area contributed by atoms with Crippen molar-refractivity contribution in [3.05, 3.63) is 63.9 Å². The maximum atomic E-state index is 12.1. The van der Waals surface area contributed by atoms with Gasteiger partial charge in [0.25, 0.3) is 5.91 Å². The van der Waals surface area contributed by atoms with Gasteiger partial charge in [0.15, 0.2) is 0 Å². The van der Waals surface area contributed by atoms with Gasteiger partial charge in [0.2, 0.25) is 0 Å². The molecule has 19 heavy (non-hydrogen) atoms. The minimum Gasteiger partial charge on any atom is -0.345 e. The van der Waals surface area contributed by atoms with Gasteiger partial charge in [-0.15, -0.1) is 0 Å². The van der Waals surface area contributed by atoms with Crippen molar-refractivity contribution in [1.82, 2.24) is 10.3 Å². The number of rotatable bonds is 3. The van der Waals surface area contributed by atoms with Crippen molar-refractivity contribution in [2.45, 2.75) is 19.9 Å². The molecule has 1 heterocycles. The first-order chi connectivity index (χ1) is 9.08. The van der Waals surface area contributed by atoms with E-state index in [1.165, 1.54) is 5.56 Å². The van der Waals surface area contributed by atoms with Crippen molar-refractivity contribution in [2.75, 3.05) is 0 Å². The van der Waals surface area contributed by atoms with Crippen LogP contribution < -0.4 is 5.32 Å². The van der Waals surface area contributed by atoms with E-state index in [1.807, 2.05) is 38.1 Å². The van der Waals surface area contributed by atoms with E-state index >= 15 is 0 Å². The molecule has 1 atom stereocenters. The lowest BCUT2D eigenvalue weighted by molar-refractivity contribution is 0.0938. The van der Waals surface area contributed by atoms with Gasteiger partial charge in [-0.1, -0.05) is 29.8 Å². The van der Waals surface area contributed by atoms with Crippen LogP contribution in [0.5, 0.6) is 0 Å². The van der Waals surface area contributed by atoms with Crippen LogP contribution in [0.15, 0.2) is 47.2 Å². The van der Waals surface area contributed by atoms with E-state index in [9.17, 15) is 4.79 Å². The summed E-state index contributed by atoms with van der Waals surface area (Å²) in [5.74, 6) is -0.131. The summed E-state index contributed by atoms with van der Waals surface area (Å²) >= 11 is 3.28. The van der Waals surface area contributed by atoms with E-state index < -0.39 is 0 Å². The number of carbonyl (C=O) groups excluding carboxylic acids is 1. The number of carbonyl (C=O) groups is 1. The topological polar surface area (TPSA) is 42.0 Å². The Morgan fingerprint density at radius 3 is 2.58 bits per heavy atom. The number of halogens is 1. The van der Waals surface area contributed by atoms with Gasteiger partial charge in [-0.3, -0.25) is 4.79 Å². The molecule has 2 aromatic rings. The van der Waals surface area contributed by atoms with Gasteiger partial charge in [-0.25, -0.2) is 4.98 Å². The molecule has 3 nitrogen and oxygen atoms in total. The van der Waals surface area contributed by atoms with Crippen LogP contribution in [0.2, 0.25) is 0 Å². The lowest BCUT2D eigenvalue weighted by Crippen LogP contribution is -2.27. The largest absolute Gasteiger partial charge is 0.345 e. The molecule has 0 saturated heterocycles. The zero-order chi connectivity index (χ0) is 13.8. The van der Waals surface area contributed by atoms with Gasteiger partial charge < -0.3 is 5.32 Å². The molecule has 4 heteroatoms. The molecule has 1 N–H and O–H groups in total. The summed E-state index contributed by atoms with van der Waals surface area (Å²) in [5.41, 5.74) is 2.83. The van der Waals surface area contributed by atoms with Crippen molar-refractivity contribution in [3.63, 3.8) is 0 Å². The molecule has 0 saturated carbocycles. The monoisotopic (exact) mass is 318 g/mol. The molecule has 0 aliphatic rings. The molecular weight excluding hydrogens is 304 g/mol. The highest BCUT2D eigenvalue weighted by atomic mass is 79.9. The third kappa shape index (κ3) is 3.41. The lowest BCUT2D eigenvalue weighted by Gasteiger charge is -2.15. The first kappa shape index (κ1) is 13.7. The SMILES string of the molecule is Cc1ccc(C(C)NC(=O)c2cccnc2Br)cc1. The number of aryl methyl sites for hydroxylation is 1. The fraction of sp³-hybridized carbons (Fsp3) is 0.200. The Bertz CT molecular complexity index is 581. The second-order valence-electron chi connectivity index (χ2n) is 4.45. The van der Waals surface area contributed by atoms with E-state index in [4.69, 9.17) is 0 Å². The number of nitrogens with one attached hydrogen (secondary N) is 1. The molecule has 1 unspecified atom stereocenters. The fourth-order valence-electron chi connectivity index (χ4n) is 1.77. The van der Waals surface area contributed by atoms with Gasteiger partial charge >= 0.3 is 0 Å². The Morgan fingerprint density at radius 1 is 1.26 bits per heavy atom. The van der Waals surface area contributed by atoms with Crippen molar-refractivity contribution in [3.8, 4) is 0 Å². The summed E-state index contributed by atoms with van der Waals surface area (Å²) in [4.78, 5) is 16.2. The van der Waals surface area contributed by atoms with Crippen molar-refractivity contribution in [2.24, 2.45) is 0 Å². The second-order valence-corrected chi connectivity index (χ2v) is 5.20. The van der Waals surface area contributed by atoms with Crippen LogP contribution in [0.4, 0.5) is 0 Å². The summed E-state index contributed by atoms with van der Waals surface area (Å²) in [6.07, 6.45) is 1.64. The van der Waals surface area contributed by atoms with Crippen LogP contribution in [-0.4, -0.2) is 10.9 Å². The standard InChI is InChI=1S/C15H15BrN2O/c1-10-5-7-12(8-6-10)11(2)18-15(19)13-4-3-9-17-14(13)16/h3-9,11H,1-2H3,(H,18,19). The Hall–Kier alpha value is -1.68. The Morgan fingerprint density at radius 2 is 1.95 bits per heavy atom. The molecule has 1 aromatic carbocycles. The zero-order valence-corrected chi connectivity index (χ0v) is 12.4. The second kappa shape index (κ2) is 5.97. The minimum atomic E-state index is -0.131. The molecule has 0 aliphatic heterocycles. The summed E-state index contributed by atoms with van der Waals surface area (Å²) in [6, 6.07) is 11.6. The highest BCUT2D eigenvalue weighted by Crippen LogP contribution is 2.16. The van der Waals surface area contributed by atoms with Gasteiger partial charge in [-0.2, -0.15) is 0 Å². The third-order valence-electron chi connectivity index (χ3n) is 2.93. The van der Waals surface area contributed by atoms with Crippen molar-refractivity contribution >= 4 is 21.8 Å².